The molecule has 2 unspecified atom stereocenters. The largest absolute Gasteiger partial charge is 0.466 e. The van der Waals surface area contributed by atoms with Crippen LogP contribution in [0.2, 0.25) is 0 Å². The highest BCUT2D eigenvalue weighted by Crippen LogP contribution is 2.44. The van der Waals surface area contributed by atoms with Gasteiger partial charge in [0.2, 0.25) is 0 Å². The number of hydrogen-bond donors (Lipinski definition) is 1. The van der Waals surface area contributed by atoms with Gasteiger partial charge in [0.05, 0.1) is 12.7 Å². The van der Waals surface area contributed by atoms with Gasteiger partial charge >= 0.3 is 5.97 Å². The van der Waals surface area contributed by atoms with E-state index in [9.17, 15) is 9.59 Å². The Morgan fingerprint density at radius 2 is 1.86 bits per heavy atom. The monoisotopic (exact) mass is 375 g/mol. The van der Waals surface area contributed by atoms with Gasteiger partial charge in [0, 0.05) is 35.5 Å². The van der Waals surface area contributed by atoms with Crippen LogP contribution >= 0.6 is 0 Å². The molecule has 0 spiro atoms. The van der Waals surface area contributed by atoms with E-state index in [0.29, 0.717) is 17.6 Å². The van der Waals surface area contributed by atoms with E-state index in [1.807, 2.05) is 49.5 Å². The van der Waals surface area contributed by atoms with Crippen LogP contribution in [0.25, 0.3) is 0 Å². The van der Waals surface area contributed by atoms with Crippen molar-refractivity contribution in [3.05, 3.63) is 88.5 Å². The Morgan fingerprint density at radius 3 is 2.54 bits per heavy atom. The van der Waals surface area contributed by atoms with Gasteiger partial charge in [-0.05, 0) is 24.8 Å². The summed E-state index contributed by atoms with van der Waals surface area (Å²) in [6, 6.07) is 15.8. The summed E-state index contributed by atoms with van der Waals surface area (Å²) in [5, 5.41) is 3.34. The molecule has 5 nitrogen and oxygen atoms in total. The van der Waals surface area contributed by atoms with Gasteiger partial charge in [-0.25, -0.2) is 9.78 Å². The number of allylic oxidation sites excluding steroid dienone is 3. The first-order valence-corrected chi connectivity index (χ1v) is 9.44. The van der Waals surface area contributed by atoms with Gasteiger partial charge in [0.15, 0.2) is 17.7 Å². The number of esters is 1. The van der Waals surface area contributed by atoms with Gasteiger partial charge in [-0.3, -0.25) is 4.79 Å². The van der Waals surface area contributed by atoms with E-state index in [2.05, 4.69) is 22.4 Å². The maximum Gasteiger partial charge on any atom is 0.336 e. The molecule has 0 amide bonds. The average Bonchev–Trinajstić information content (AvgIpc) is 2.73. The van der Waals surface area contributed by atoms with Gasteiger partial charge in [-0.15, -0.1) is 0 Å². The fourth-order valence-corrected chi connectivity index (χ4v) is 4.28. The molecule has 2 aliphatic rings. The summed E-state index contributed by atoms with van der Waals surface area (Å²) in [4.78, 5) is 29.0. The van der Waals surface area contributed by atoms with Crippen molar-refractivity contribution >= 4 is 11.8 Å². The molecule has 0 radical (unpaired) electrons. The SMILES string of the molecule is COC(=O)C1=C(C)NC2=C(C(=O)CC(c3ccccc3)C2)C1c1cccc[nH+]1. The molecule has 4 rings (SSSR count). The Labute approximate surface area is 164 Å². The Kier molecular flexibility index (Phi) is 4.82. The first kappa shape index (κ1) is 18.2. The highest BCUT2D eigenvalue weighted by Gasteiger charge is 2.43. The van der Waals surface area contributed by atoms with Crippen molar-refractivity contribution in [2.75, 3.05) is 7.11 Å². The van der Waals surface area contributed by atoms with Crippen LogP contribution in [0, 0.1) is 0 Å². The van der Waals surface area contributed by atoms with E-state index in [-0.39, 0.29) is 11.7 Å². The smallest absolute Gasteiger partial charge is 0.336 e. The number of aromatic amines is 1. The second-order valence-corrected chi connectivity index (χ2v) is 7.24. The minimum atomic E-state index is -0.450. The zero-order valence-corrected chi connectivity index (χ0v) is 16.0. The fourth-order valence-electron chi connectivity index (χ4n) is 4.28. The van der Waals surface area contributed by atoms with E-state index in [0.717, 1.165) is 29.1 Å². The van der Waals surface area contributed by atoms with Crippen molar-refractivity contribution in [2.45, 2.75) is 31.6 Å². The lowest BCUT2D eigenvalue weighted by molar-refractivity contribution is -0.391. The maximum atomic E-state index is 13.3. The molecule has 1 aliphatic heterocycles. The number of ketones is 1. The molecule has 2 atom stereocenters. The Hall–Kier alpha value is -3.21. The van der Waals surface area contributed by atoms with Crippen molar-refractivity contribution in [2.24, 2.45) is 0 Å². The quantitative estimate of drug-likeness (QED) is 0.837. The molecule has 1 aliphatic carbocycles. The van der Waals surface area contributed by atoms with Crippen molar-refractivity contribution in [3.8, 4) is 0 Å². The number of pyridine rings is 1. The van der Waals surface area contributed by atoms with Crippen molar-refractivity contribution in [1.82, 2.24) is 5.32 Å². The zero-order valence-electron chi connectivity index (χ0n) is 16.0. The van der Waals surface area contributed by atoms with E-state index in [4.69, 9.17) is 4.74 Å². The number of hydrogen-bond acceptors (Lipinski definition) is 4. The Morgan fingerprint density at radius 1 is 1.11 bits per heavy atom. The number of methoxy groups -OCH3 is 1. The van der Waals surface area contributed by atoms with Gasteiger partial charge in [-0.1, -0.05) is 36.4 Å². The number of rotatable bonds is 3. The standard InChI is InChI=1S/C23H22N2O3/c1-14-20(23(27)28-2)22(17-10-6-7-11-24-17)21-18(25-14)12-16(13-19(21)26)15-8-4-3-5-9-15/h3-11,16,22,25H,12-13H2,1-2H3/p+1. The lowest BCUT2D eigenvalue weighted by Gasteiger charge is -2.35. The first-order valence-electron chi connectivity index (χ1n) is 9.44. The molecule has 0 saturated heterocycles. The minimum Gasteiger partial charge on any atom is -0.466 e. The summed E-state index contributed by atoms with van der Waals surface area (Å²) in [6.45, 7) is 1.86. The van der Waals surface area contributed by atoms with Crippen molar-refractivity contribution in [1.29, 1.82) is 0 Å². The van der Waals surface area contributed by atoms with Gasteiger partial charge in [-0.2, -0.15) is 0 Å². The van der Waals surface area contributed by atoms with Crippen LogP contribution in [0.5, 0.6) is 0 Å². The number of aromatic nitrogens is 1. The van der Waals surface area contributed by atoms with E-state index in [1.54, 1.807) is 0 Å². The summed E-state index contributed by atoms with van der Waals surface area (Å²) >= 11 is 0. The average molecular weight is 375 g/mol. The molecule has 2 N–H and O–H groups in total. The normalized spacial score (nSPS) is 21.9. The molecule has 2 aromatic rings. The lowest BCUT2D eigenvalue weighted by Crippen LogP contribution is -2.37. The summed E-state index contributed by atoms with van der Waals surface area (Å²) in [7, 11) is 1.37. The Balaban J connectivity index is 1.81. The first-order chi connectivity index (χ1) is 13.6. The molecular formula is C23H23N2O3+. The number of ether oxygens (including phenoxy) is 1. The third-order valence-electron chi connectivity index (χ3n) is 5.55. The number of Topliss-reactive ketones (excluding diaryl/α,β-unsaturated/α-hetero) is 1. The summed E-state index contributed by atoms with van der Waals surface area (Å²) < 4.78 is 5.03. The van der Waals surface area contributed by atoms with Gasteiger partial charge < -0.3 is 10.1 Å². The number of carbonyl (C=O) groups is 2. The third-order valence-corrected chi connectivity index (χ3v) is 5.55. The van der Waals surface area contributed by atoms with E-state index in [1.165, 1.54) is 7.11 Å². The highest BCUT2D eigenvalue weighted by atomic mass is 16.5. The zero-order chi connectivity index (χ0) is 19.7. The van der Waals surface area contributed by atoms with Crippen LogP contribution in [-0.4, -0.2) is 18.9 Å². The van der Waals surface area contributed by atoms with E-state index < -0.39 is 11.9 Å². The molecule has 1 aromatic carbocycles. The molecule has 0 fully saturated rings. The number of nitrogens with one attached hydrogen (secondary N) is 2. The number of H-pyrrole nitrogens is 1. The van der Waals surface area contributed by atoms with Crippen molar-refractivity contribution in [3.63, 3.8) is 0 Å². The second-order valence-electron chi connectivity index (χ2n) is 7.24. The fraction of sp³-hybridized carbons (Fsp3) is 0.261. The van der Waals surface area contributed by atoms with Crippen LogP contribution in [-0.2, 0) is 14.3 Å². The predicted molar refractivity (Wildman–Crippen MR) is 104 cm³/mol. The second kappa shape index (κ2) is 7.43. The molecule has 5 heteroatoms. The lowest BCUT2D eigenvalue weighted by atomic mass is 9.73. The highest BCUT2D eigenvalue weighted by molar-refractivity contribution is 6.04. The maximum absolute atomic E-state index is 13.3. The summed E-state index contributed by atoms with van der Waals surface area (Å²) in [5.41, 5.74) is 4.75. The van der Waals surface area contributed by atoms with Gasteiger partial charge in [0.25, 0.3) is 0 Å². The minimum absolute atomic E-state index is 0.0683. The summed E-state index contributed by atoms with van der Waals surface area (Å²) in [6.07, 6.45) is 2.98. The molecule has 2 heterocycles. The third kappa shape index (κ3) is 3.13. The number of dihydropyridines is 1. The van der Waals surface area contributed by atoms with Crippen LogP contribution in [0.3, 0.4) is 0 Å². The molecule has 1 aromatic heterocycles. The molecule has 0 saturated carbocycles. The van der Waals surface area contributed by atoms with Crippen LogP contribution in [0.1, 0.15) is 42.9 Å². The topological polar surface area (TPSA) is 69.5 Å². The molecular weight excluding hydrogens is 352 g/mol. The number of carbonyl (C=O) groups excluding carboxylic acids is 2. The van der Waals surface area contributed by atoms with Crippen LogP contribution in [0.15, 0.2) is 77.3 Å². The molecule has 142 valence electrons. The predicted octanol–water partition coefficient (Wildman–Crippen LogP) is 3.04. The molecule has 0 bridgehead atoms. The molecule has 28 heavy (non-hydrogen) atoms. The van der Waals surface area contributed by atoms with Crippen LogP contribution in [0.4, 0.5) is 0 Å². The number of benzene rings is 1. The summed E-state index contributed by atoms with van der Waals surface area (Å²) in [5.74, 6) is -0.669. The van der Waals surface area contributed by atoms with Crippen molar-refractivity contribution < 1.29 is 19.3 Å². The Bertz CT molecular complexity index is 977. The van der Waals surface area contributed by atoms with Crippen LogP contribution < -0.4 is 10.3 Å². The van der Waals surface area contributed by atoms with E-state index >= 15 is 0 Å². The van der Waals surface area contributed by atoms with Gasteiger partial charge in [0.1, 0.15) is 5.92 Å².